The van der Waals surface area contributed by atoms with Crippen LogP contribution in [0.2, 0.25) is 0 Å². The lowest BCUT2D eigenvalue weighted by Gasteiger charge is -2.34. The number of hydrogen-bond donors (Lipinski definition) is 0. The Morgan fingerprint density at radius 1 is 1.05 bits per heavy atom. The van der Waals surface area contributed by atoms with E-state index in [4.69, 9.17) is 9.47 Å². The number of aryl methyl sites for hydroxylation is 1. The molecule has 2 rings (SSSR count). The largest absolute Gasteiger partial charge is 0.496 e. The Morgan fingerprint density at radius 2 is 1.75 bits per heavy atom. The molecule has 4 heteroatoms. The predicted molar refractivity (Wildman–Crippen MR) is 81.3 cm³/mol. The van der Waals surface area contributed by atoms with Gasteiger partial charge in [-0.1, -0.05) is 17.7 Å². The molecule has 1 saturated heterocycles. The smallest absolute Gasteiger partial charge is 0.123 e. The van der Waals surface area contributed by atoms with Gasteiger partial charge in [0.05, 0.1) is 13.7 Å². The second kappa shape index (κ2) is 7.62. The van der Waals surface area contributed by atoms with Crippen molar-refractivity contribution >= 4 is 0 Å². The number of hydrogen-bond acceptors (Lipinski definition) is 4. The fraction of sp³-hybridized carbons (Fsp3) is 0.625. The van der Waals surface area contributed by atoms with Crippen molar-refractivity contribution in [2.45, 2.75) is 13.5 Å². The van der Waals surface area contributed by atoms with Gasteiger partial charge < -0.3 is 9.47 Å². The topological polar surface area (TPSA) is 24.9 Å². The summed E-state index contributed by atoms with van der Waals surface area (Å²) in [5, 5.41) is 0. The zero-order valence-electron chi connectivity index (χ0n) is 12.9. The van der Waals surface area contributed by atoms with Crippen molar-refractivity contribution in [2.24, 2.45) is 0 Å². The molecule has 1 heterocycles. The van der Waals surface area contributed by atoms with Gasteiger partial charge in [0.25, 0.3) is 0 Å². The van der Waals surface area contributed by atoms with Gasteiger partial charge in [-0.2, -0.15) is 0 Å². The molecule has 20 heavy (non-hydrogen) atoms. The van der Waals surface area contributed by atoms with Gasteiger partial charge in [0.2, 0.25) is 0 Å². The molecule has 1 aliphatic rings. The first-order valence-corrected chi connectivity index (χ1v) is 7.30. The van der Waals surface area contributed by atoms with Gasteiger partial charge in [-0.05, 0) is 13.0 Å². The van der Waals surface area contributed by atoms with Gasteiger partial charge in [0, 0.05) is 51.9 Å². The molecule has 0 amide bonds. The van der Waals surface area contributed by atoms with Crippen LogP contribution in [0, 0.1) is 6.92 Å². The monoisotopic (exact) mass is 278 g/mol. The predicted octanol–water partition coefficient (Wildman–Crippen LogP) is 1.77. The van der Waals surface area contributed by atoms with Crippen molar-refractivity contribution in [1.82, 2.24) is 9.80 Å². The number of benzene rings is 1. The minimum Gasteiger partial charge on any atom is -0.496 e. The molecule has 1 aliphatic heterocycles. The first-order valence-electron chi connectivity index (χ1n) is 7.30. The summed E-state index contributed by atoms with van der Waals surface area (Å²) >= 11 is 0. The van der Waals surface area contributed by atoms with E-state index < -0.39 is 0 Å². The molecule has 0 aliphatic carbocycles. The summed E-state index contributed by atoms with van der Waals surface area (Å²) in [6.07, 6.45) is 0. The minimum atomic E-state index is 0.825. The third-order valence-corrected chi connectivity index (χ3v) is 3.91. The standard InChI is InChI=1S/C16H26N2O2/c1-14-4-5-16(20-3)15(12-14)13-18-8-6-17(7-9-18)10-11-19-2/h4-5,12H,6-11,13H2,1-3H3. The summed E-state index contributed by atoms with van der Waals surface area (Å²) in [7, 11) is 3.51. The van der Waals surface area contributed by atoms with E-state index in [0.717, 1.165) is 51.6 Å². The SMILES string of the molecule is COCCN1CCN(Cc2cc(C)ccc2OC)CC1. The molecule has 0 spiro atoms. The van der Waals surface area contributed by atoms with Gasteiger partial charge in [0.15, 0.2) is 0 Å². The molecular weight excluding hydrogens is 252 g/mol. The van der Waals surface area contributed by atoms with Crippen molar-refractivity contribution in [3.63, 3.8) is 0 Å². The van der Waals surface area contributed by atoms with Gasteiger partial charge in [-0.3, -0.25) is 9.80 Å². The van der Waals surface area contributed by atoms with E-state index in [1.807, 2.05) is 0 Å². The molecule has 0 atom stereocenters. The first kappa shape index (κ1) is 15.3. The minimum absolute atomic E-state index is 0.825. The van der Waals surface area contributed by atoms with Gasteiger partial charge in [-0.15, -0.1) is 0 Å². The lowest BCUT2D eigenvalue weighted by atomic mass is 10.1. The molecule has 1 fully saturated rings. The quantitative estimate of drug-likeness (QED) is 0.792. The van der Waals surface area contributed by atoms with Crippen LogP contribution in [0.15, 0.2) is 18.2 Å². The average molecular weight is 278 g/mol. The Bertz CT molecular complexity index is 415. The zero-order chi connectivity index (χ0) is 14.4. The van der Waals surface area contributed by atoms with Crippen molar-refractivity contribution in [1.29, 1.82) is 0 Å². The van der Waals surface area contributed by atoms with Crippen molar-refractivity contribution < 1.29 is 9.47 Å². The maximum atomic E-state index is 5.46. The molecule has 4 nitrogen and oxygen atoms in total. The van der Waals surface area contributed by atoms with Crippen LogP contribution in [-0.2, 0) is 11.3 Å². The van der Waals surface area contributed by atoms with Gasteiger partial charge in [-0.25, -0.2) is 0 Å². The molecule has 1 aromatic rings. The fourth-order valence-corrected chi connectivity index (χ4v) is 2.66. The molecule has 0 N–H and O–H groups in total. The van der Waals surface area contributed by atoms with E-state index in [0.29, 0.717) is 0 Å². The lowest BCUT2D eigenvalue weighted by molar-refractivity contribution is 0.0934. The van der Waals surface area contributed by atoms with Crippen molar-refractivity contribution in [2.75, 3.05) is 53.6 Å². The molecule has 112 valence electrons. The van der Waals surface area contributed by atoms with Gasteiger partial charge in [0.1, 0.15) is 5.75 Å². The molecule has 0 saturated carbocycles. The lowest BCUT2D eigenvalue weighted by Crippen LogP contribution is -2.46. The van der Waals surface area contributed by atoms with Crippen LogP contribution in [0.3, 0.4) is 0 Å². The van der Waals surface area contributed by atoms with Crippen LogP contribution < -0.4 is 4.74 Å². The van der Waals surface area contributed by atoms with E-state index in [9.17, 15) is 0 Å². The van der Waals surface area contributed by atoms with E-state index in [1.165, 1.54) is 11.1 Å². The van der Waals surface area contributed by atoms with Crippen LogP contribution in [-0.4, -0.2) is 63.4 Å². The van der Waals surface area contributed by atoms with E-state index in [1.54, 1.807) is 14.2 Å². The number of ether oxygens (including phenoxy) is 2. The Hall–Kier alpha value is -1.10. The van der Waals surface area contributed by atoms with Crippen molar-refractivity contribution in [3.8, 4) is 5.75 Å². The molecule has 0 aromatic heterocycles. The first-order chi connectivity index (χ1) is 9.72. The second-order valence-electron chi connectivity index (χ2n) is 5.43. The molecule has 0 radical (unpaired) electrons. The summed E-state index contributed by atoms with van der Waals surface area (Å²) in [6.45, 7) is 9.44. The average Bonchev–Trinajstić information content (AvgIpc) is 2.47. The third kappa shape index (κ3) is 4.20. The highest BCUT2D eigenvalue weighted by Gasteiger charge is 2.17. The van der Waals surface area contributed by atoms with Crippen LogP contribution >= 0.6 is 0 Å². The third-order valence-electron chi connectivity index (χ3n) is 3.91. The van der Waals surface area contributed by atoms with E-state index >= 15 is 0 Å². The van der Waals surface area contributed by atoms with Crippen LogP contribution in [0.1, 0.15) is 11.1 Å². The Labute approximate surface area is 122 Å². The second-order valence-corrected chi connectivity index (χ2v) is 5.43. The molecule has 1 aromatic carbocycles. The Kier molecular flexibility index (Phi) is 5.83. The van der Waals surface area contributed by atoms with E-state index in [-0.39, 0.29) is 0 Å². The van der Waals surface area contributed by atoms with E-state index in [2.05, 4.69) is 34.9 Å². The Morgan fingerprint density at radius 3 is 2.40 bits per heavy atom. The number of methoxy groups -OCH3 is 2. The molecular formula is C16H26N2O2. The summed E-state index contributed by atoms with van der Waals surface area (Å²) < 4.78 is 10.6. The Balaban J connectivity index is 1.87. The number of nitrogens with zero attached hydrogens (tertiary/aromatic N) is 2. The molecule has 0 unspecified atom stereocenters. The van der Waals surface area contributed by atoms with Crippen molar-refractivity contribution in [3.05, 3.63) is 29.3 Å². The maximum Gasteiger partial charge on any atom is 0.123 e. The summed E-state index contributed by atoms with van der Waals surface area (Å²) in [6, 6.07) is 6.40. The normalized spacial score (nSPS) is 17.4. The highest BCUT2D eigenvalue weighted by atomic mass is 16.5. The number of piperazine rings is 1. The summed E-state index contributed by atoms with van der Waals surface area (Å²) in [4.78, 5) is 4.97. The fourth-order valence-electron chi connectivity index (χ4n) is 2.66. The maximum absolute atomic E-state index is 5.46. The number of rotatable bonds is 6. The van der Waals surface area contributed by atoms with Crippen LogP contribution in [0.25, 0.3) is 0 Å². The zero-order valence-corrected chi connectivity index (χ0v) is 12.9. The molecule has 0 bridgehead atoms. The van der Waals surface area contributed by atoms with Crippen LogP contribution in [0.5, 0.6) is 5.75 Å². The van der Waals surface area contributed by atoms with Crippen LogP contribution in [0.4, 0.5) is 0 Å². The highest BCUT2D eigenvalue weighted by molar-refractivity contribution is 5.36. The summed E-state index contributed by atoms with van der Waals surface area (Å²) in [5.41, 5.74) is 2.58. The summed E-state index contributed by atoms with van der Waals surface area (Å²) in [5.74, 6) is 0.998. The highest BCUT2D eigenvalue weighted by Crippen LogP contribution is 2.21. The van der Waals surface area contributed by atoms with Gasteiger partial charge >= 0.3 is 0 Å².